The molecule has 0 radical (unpaired) electrons. The number of hydrogen-bond donors (Lipinski definition) is 1. The molecule has 1 amide bonds. The second-order valence-corrected chi connectivity index (χ2v) is 5.39. The van der Waals surface area contributed by atoms with E-state index < -0.39 is 0 Å². The second kappa shape index (κ2) is 5.33. The van der Waals surface area contributed by atoms with Gasteiger partial charge in [0.2, 0.25) is 5.91 Å². The van der Waals surface area contributed by atoms with Crippen LogP contribution in [0.3, 0.4) is 0 Å². The lowest BCUT2D eigenvalue weighted by Crippen LogP contribution is -2.30. The smallest absolute Gasteiger partial charge is 0.244 e. The van der Waals surface area contributed by atoms with Crippen LogP contribution >= 0.6 is 22.9 Å². The minimum Gasteiger partial charge on any atom is -0.349 e. The molecule has 0 bridgehead atoms. The summed E-state index contributed by atoms with van der Waals surface area (Å²) in [7, 11) is 0. The van der Waals surface area contributed by atoms with Crippen molar-refractivity contribution in [3.63, 3.8) is 0 Å². The van der Waals surface area contributed by atoms with Crippen LogP contribution in [0.5, 0.6) is 0 Å². The van der Waals surface area contributed by atoms with Gasteiger partial charge < -0.3 is 5.32 Å². The maximum Gasteiger partial charge on any atom is 0.244 e. The molecule has 0 aromatic carbocycles. The van der Waals surface area contributed by atoms with E-state index in [0.717, 1.165) is 9.21 Å². The first-order valence-corrected chi connectivity index (χ1v) is 6.37. The summed E-state index contributed by atoms with van der Waals surface area (Å²) in [6.45, 7) is 2.31. The Balaban J connectivity index is 1.89. The summed E-state index contributed by atoms with van der Waals surface area (Å²) in [5.74, 6) is -0.0572. The number of aromatic nitrogens is 2. The Hall–Kier alpha value is -1.33. The third-order valence-electron chi connectivity index (χ3n) is 2.37. The largest absolute Gasteiger partial charge is 0.349 e. The van der Waals surface area contributed by atoms with Gasteiger partial charge in [0.15, 0.2) is 0 Å². The van der Waals surface area contributed by atoms with Crippen molar-refractivity contribution in [2.75, 3.05) is 0 Å². The number of rotatable bonds is 4. The number of nitrogens with one attached hydrogen (secondary N) is 1. The van der Waals surface area contributed by atoms with Crippen LogP contribution < -0.4 is 5.32 Å². The van der Waals surface area contributed by atoms with Gasteiger partial charge in [0.1, 0.15) is 6.04 Å². The molecule has 0 aliphatic carbocycles. The fourth-order valence-corrected chi connectivity index (χ4v) is 2.43. The Bertz CT molecular complexity index is 495. The number of nitrogens with zero attached hydrogens (tertiary/aromatic N) is 2. The van der Waals surface area contributed by atoms with Gasteiger partial charge in [-0.15, -0.1) is 11.3 Å². The van der Waals surface area contributed by atoms with E-state index in [4.69, 9.17) is 11.6 Å². The Kier molecular flexibility index (Phi) is 3.81. The maximum absolute atomic E-state index is 11.8. The first kappa shape index (κ1) is 12.1. The van der Waals surface area contributed by atoms with Crippen LogP contribution in [0.2, 0.25) is 4.34 Å². The molecule has 2 aromatic rings. The lowest BCUT2D eigenvalue weighted by molar-refractivity contribution is -0.124. The highest BCUT2D eigenvalue weighted by molar-refractivity contribution is 7.16. The molecule has 0 spiro atoms. The van der Waals surface area contributed by atoms with Crippen LogP contribution in [0.15, 0.2) is 30.6 Å². The van der Waals surface area contributed by atoms with Crippen molar-refractivity contribution in [1.82, 2.24) is 15.1 Å². The van der Waals surface area contributed by atoms with Crippen molar-refractivity contribution in [3.05, 3.63) is 39.8 Å². The fourth-order valence-electron chi connectivity index (χ4n) is 1.40. The predicted octanol–water partition coefficient (Wildman–Crippen LogP) is 2.48. The predicted molar refractivity (Wildman–Crippen MR) is 68.1 cm³/mol. The van der Waals surface area contributed by atoms with Gasteiger partial charge in [-0.2, -0.15) is 5.10 Å². The van der Waals surface area contributed by atoms with Gasteiger partial charge in [0.05, 0.1) is 10.9 Å². The molecule has 0 aliphatic rings. The molecule has 2 aromatic heterocycles. The highest BCUT2D eigenvalue weighted by atomic mass is 35.5. The fraction of sp³-hybridized carbons (Fsp3) is 0.273. The van der Waals surface area contributed by atoms with Gasteiger partial charge >= 0.3 is 0 Å². The summed E-state index contributed by atoms with van der Waals surface area (Å²) in [6.07, 6.45) is 3.43. The van der Waals surface area contributed by atoms with Crippen molar-refractivity contribution in [1.29, 1.82) is 0 Å². The van der Waals surface area contributed by atoms with Crippen molar-refractivity contribution in [2.45, 2.75) is 19.5 Å². The van der Waals surface area contributed by atoms with Crippen LogP contribution in [-0.4, -0.2) is 15.7 Å². The number of amides is 1. The topological polar surface area (TPSA) is 46.9 Å². The van der Waals surface area contributed by atoms with Crippen molar-refractivity contribution in [3.8, 4) is 0 Å². The Labute approximate surface area is 108 Å². The second-order valence-electron chi connectivity index (χ2n) is 3.59. The van der Waals surface area contributed by atoms with Gasteiger partial charge in [-0.05, 0) is 25.1 Å². The van der Waals surface area contributed by atoms with E-state index >= 15 is 0 Å². The molecule has 0 aliphatic heterocycles. The molecular formula is C11H12ClN3OS. The van der Waals surface area contributed by atoms with Gasteiger partial charge in [-0.3, -0.25) is 9.48 Å². The molecular weight excluding hydrogens is 258 g/mol. The number of thiophene rings is 1. The third kappa shape index (κ3) is 3.08. The SMILES string of the molecule is CC(C(=O)NCc1ccc(Cl)s1)n1cccn1. The van der Waals surface area contributed by atoms with Gasteiger partial charge in [-0.1, -0.05) is 11.6 Å². The Morgan fingerprint density at radius 2 is 2.47 bits per heavy atom. The van der Waals surface area contributed by atoms with Gasteiger partial charge in [0, 0.05) is 17.3 Å². The Morgan fingerprint density at radius 3 is 3.06 bits per heavy atom. The maximum atomic E-state index is 11.8. The highest BCUT2D eigenvalue weighted by Crippen LogP contribution is 2.21. The quantitative estimate of drug-likeness (QED) is 0.927. The summed E-state index contributed by atoms with van der Waals surface area (Å²) in [5.41, 5.74) is 0. The van der Waals surface area contributed by atoms with Crippen LogP contribution in [-0.2, 0) is 11.3 Å². The molecule has 4 nitrogen and oxygen atoms in total. The molecule has 1 atom stereocenters. The summed E-state index contributed by atoms with van der Waals surface area (Å²) >= 11 is 7.28. The molecule has 1 N–H and O–H groups in total. The molecule has 2 rings (SSSR count). The van der Waals surface area contributed by atoms with Crippen molar-refractivity contribution < 1.29 is 4.79 Å². The van der Waals surface area contributed by atoms with E-state index in [2.05, 4.69) is 10.4 Å². The zero-order chi connectivity index (χ0) is 12.3. The lowest BCUT2D eigenvalue weighted by Gasteiger charge is -2.11. The highest BCUT2D eigenvalue weighted by Gasteiger charge is 2.14. The Morgan fingerprint density at radius 1 is 1.65 bits per heavy atom. The monoisotopic (exact) mass is 269 g/mol. The van der Waals surface area contributed by atoms with Gasteiger partial charge in [-0.25, -0.2) is 0 Å². The first-order chi connectivity index (χ1) is 8.16. The average Bonchev–Trinajstić information content (AvgIpc) is 2.95. The van der Waals surface area contributed by atoms with E-state index in [-0.39, 0.29) is 11.9 Å². The van der Waals surface area contributed by atoms with Crippen molar-refractivity contribution in [2.24, 2.45) is 0 Å². The van der Waals surface area contributed by atoms with Crippen LogP contribution in [0, 0.1) is 0 Å². The molecule has 1 unspecified atom stereocenters. The average molecular weight is 270 g/mol. The molecule has 6 heteroatoms. The van der Waals surface area contributed by atoms with E-state index in [1.807, 2.05) is 19.1 Å². The van der Waals surface area contributed by atoms with E-state index in [0.29, 0.717) is 6.54 Å². The lowest BCUT2D eigenvalue weighted by atomic mass is 10.3. The molecule has 0 fully saturated rings. The third-order valence-corrected chi connectivity index (χ3v) is 3.60. The number of carbonyl (C=O) groups is 1. The molecule has 2 heterocycles. The molecule has 90 valence electrons. The summed E-state index contributed by atoms with van der Waals surface area (Å²) < 4.78 is 2.35. The van der Waals surface area contributed by atoms with Crippen LogP contribution in [0.1, 0.15) is 17.8 Å². The van der Waals surface area contributed by atoms with E-state index in [1.165, 1.54) is 11.3 Å². The molecule has 17 heavy (non-hydrogen) atoms. The minimum absolute atomic E-state index is 0.0572. The summed E-state index contributed by atoms with van der Waals surface area (Å²) in [4.78, 5) is 12.9. The number of halogens is 1. The van der Waals surface area contributed by atoms with E-state index in [1.54, 1.807) is 23.1 Å². The summed E-state index contributed by atoms with van der Waals surface area (Å²) in [5, 5.41) is 6.89. The number of hydrogen-bond acceptors (Lipinski definition) is 3. The normalized spacial score (nSPS) is 12.4. The van der Waals surface area contributed by atoms with E-state index in [9.17, 15) is 4.79 Å². The minimum atomic E-state index is -0.305. The van der Waals surface area contributed by atoms with Crippen LogP contribution in [0.4, 0.5) is 0 Å². The van der Waals surface area contributed by atoms with Crippen LogP contribution in [0.25, 0.3) is 0 Å². The standard InChI is InChI=1S/C11H12ClN3OS/c1-8(15-6-2-5-14-15)11(16)13-7-9-3-4-10(12)17-9/h2-6,8H,7H2,1H3,(H,13,16). The zero-order valence-corrected chi connectivity index (χ0v) is 10.8. The first-order valence-electron chi connectivity index (χ1n) is 5.18. The van der Waals surface area contributed by atoms with Gasteiger partial charge in [0.25, 0.3) is 0 Å². The summed E-state index contributed by atoms with van der Waals surface area (Å²) in [6, 6.07) is 5.22. The molecule has 0 saturated heterocycles. The molecule has 0 saturated carbocycles. The number of carbonyl (C=O) groups excluding carboxylic acids is 1. The van der Waals surface area contributed by atoms with Crippen molar-refractivity contribution >= 4 is 28.8 Å². The zero-order valence-electron chi connectivity index (χ0n) is 9.26.